The van der Waals surface area contributed by atoms with Gasteiger partial charge in [0.2, 0.25) is 5.91 Å². The molecule has 4 nitrogen and oxygen atoms in total. The van der Waals surface area contributed by atoms with Gasteiger partial charge in [-0.2, -0.15) is 0 Å². The zero-order valence-corrected chi connectivity index (χ0v) is 20.9. The number of carbonyl (C=O) groups excluding carboxylic acids is 1. The van der Waals surface area contributed by atoms with Crippen molar-refractivity contribution in [1.29, 1.82) is 0 Å². The predicted octanol–water partition coefficient (Wildman–Crippen LogP) is 6.35. The maximum absolute atomic E-state index is 12.2. The van der Waals surface area contributed by atoms with Gasteiger partial charge in [-0.3, -0.25) is 4.79 Å². The molecule has 172 valence electrons. The van der Waals surface area contributed by atoms with Gasteiger partial charge in [0.15, 0.2) is 0 Å². The van der Waals surface area contributed by atoms with Crippen LogP contribution in [0.15, 0.2) is 83.3 Å². The molecule has 0 aliphatic carbocycles. The van der Waals surface area contributed by atoms with E-state index in [9.17, 15) is 4.79 Å². The van der Waals surface area contributed by atoms with Crippen molar-refractivity contribution >= 4 is 33.4 Å². The van der Waals surface area contributed by atoms with Crippen molar-refractivity contribution in [2.45, 2.75) is 38.3 Å². The zero-order valence-electron chi connectivity index (χ0n) is 18.5. The molecule has 0 aromatic heterocycles. The zero-order chi connectivity index (χ0) is 23.3. The lowest BCUT2D eigenvalue weighted by Gasteiger charge is -2.47. The van der Waals surface area contributed by atoms with Crippen molar-refractivity contribution in [3.63, 3.8) is 0 Å². The van der Waals surface area contributed by atoms with Crippen LogP contribution < -0.4 is 0 Å². The molecule has 1 fully saturated rings. The number of rotatable bonds is 7. The molecular weight excluding hydrogens is 502 g/mol. The van der Waals surface area contributed by atoms with Gasteiger partial charge in [0.25, 0.3) is 0 Å². The van der Waals surface area contributed by atoms with E-state index in [0.29, 0.717) is 37.7 Å². The number of benzene rings is 3. The Hall–Kier alpha value is -2.18. The fraction of sp³-hybridized carbons (Fsp3) is 0.296. The predicted molar refractivity (Wildman–Crippen MR) is 134 cm³/mol. The molecule has 0 saturated carbocycles. The molecular formula is C27H27BrClNO3. The fourth-order valence-electron chi connectivity index (χ4n) is 4.29. The third-order valence-electron chi connectivity index (χ3n) is 6.12. The Morgan fingerprint density at radius 1 is 1.03 bits per heavy atom. The number of amides is 1. The standard InChI is InChI=1S/C27H27BrClNO3/c1-20(31)30-15-14-27(23-10-12-25(29)13-11-23,33-19-21-6-3-2-4-7-21)26(17-30)32-18-22-8-5-9-24(28)16-22/h2-13,16,26H,14-15,17-19H2,1H3/t26-,27+/m0/s1. The van der Waals surface area contributed by atoms with Crippen molar-refractivity contribution in [2.75, 3.05) is 13.1 Å². The number of piperidine rings is 1. The van der Waals surface area contributed by atoms with Gasteiger partial charge in [-0.15, -0.1) is 0 Å². The summed E-state index contributed by atoms with van der Waals surface area (Å²) in [6.45, 7) is 3.52. The normalized spacial score (nSPS) is 20.6. The smallest absolute Gasteiger partial charge is 0.219 e. The van der Waals surface area contributed by atoms with Crippen LogP contribution >= 0.6 is 27.5 Å². The first-order valence-electron chi connectivity index (χ1n) is 11.0. The average molecular weight is 529 g/mol. The summed E-state index contributed by atoms with van der Waals surface area (Å²) in [6, 6.07) is 25.9. The van der Waals surface area contributed by atoms with Crippen LogP contribution in [0.1, 0.15) is 30.0 Å². The number of hydrogen-bond acceptors (Lipinski definition) is 3. The van der Waals surface area contributed by atoms with Gasteiger partial charge in [0, 0.05) is 29.4 Å². The topological polar surface area (TPSA) is 38.8 Å². The monoisotopic (exact) mass is 527 g/mol. The molecule has 3 aromatic carbocycles. The molecule has 0 spiro atoms. The molecule has 33 heavy (non-hydrogen) atoms. The summed E-state index contributed by atoms with van der Waals surface area (Å²) in [5.74, 6) is 0.0406. The van der Waals surface area contributed by atoms with Gasteiger partial charge in [-0.25, -0.2) is 0 Å². The molecule has 1 saturated heterocycles. The Morgan fingerprint density at radius 2 is 1.76 bits per heavy atom. The van der Waals surface area contributed by atoms with Crippen LogP contribution in [-0.2, 0) is 33.1 Å². The highest BCUT2D eigenvalue weighted by Crippen LogP contribution is 2.40. The van der Waals surface area contributed by atoms with E-state index in [1.54, 1.807) is 6.92 Å². The van der Waals surface area contributed by atoms with E-state index in [0.717, 1.165) is 21.2 Å². The third kappa shape index (κ3) is 5.85. The first-order valence-corrected chi connectivity index (χ1v) is 12.2. The van der Waals surface area contributed by atoms with Crippen LogP contribution in [0.5, 0.6) is 0 Å². The van der Waals surface area contributed by atoms with Crippen molar-refractivity contribution < 1.29 is 14.3 Å². The number of carbonyl (C=O) groups is 1. The van der Waals surface area contributed by atoms with Crippen LogP contribution in [0.4, 0.5) is 0 Å². The highest BCUT2D eigenvalue weighted by atomic mass is 79.9. The van der Waals surface area contributed by atoms with Gasteiger partial charge >= 0.3 is 0 Å². The van der Waals surface area contributed by atoms with Crippen molar-refractivity contribution in [3.8, 4) is 0 Å². The summed E-state index contributed by atoms with van der Waals surface area (Å²) in [5, 5.41) is 0.671. The Bertz CT molecular complexity index is 1080. The minimum Gasteiger partial charge on any atom is -0.368 e. The number of hydrogen-bond donors (Lipinski definition) is 0. The Balaban J connectivity index is 1.67. The Kier molecular flexibility index (Phi) is 7.86. The van der Waals surface area contributed by atoms with Gasteiger partial charge in [-0.05, 0) is 41.0 Å². The number of likely N-dealkylation sites (tertiary alicyclic amines) is 1. The van der Waals surface area contributed by atoms with Crippen LogP contribution in [0, 0.1) is 0 Å². The molecule has 6 heteroatoms. The molecule has 3 aromatic rings. The molecule has 1 heterocycles. The Morgan fingerprint density at radius 3 is 2.45 bits per heavy atom. The van der Waals surface area contributed by atoms with E-state index in [1.807, 2.05) is 71.6 Å². The van der Waals surface area contributed by atoms with Crippen LogP contribution in [0.2, 0.25) is 5.02 Å². The lowest BCUT2D eigenvalue weighted by Crippen LogP contribution is -2.56. The summed E-state index contributed by atoms with van der Waals surface area (Å²) in [5.41, 5.74) is 2.44. The van der Waals surface area contributed by atoms with E-state index in [2.05, 4.69) is 28.1 Å². The molecule has 0 unspecified atom stereocenters. The number of ether oxygens (including phenoxy) is 2. The van der Waals surface area contributed by atoms with Crippen molar-refractivity contribution in [3.05, 3.63) is 105 Å². The van der Waals surface area contributed by atoms with Crippen molar-refractivity contribution in [1.82, 2.24) is 4.90 Å². The summed E-state index contributed by atoms with van der Waals surface area (Å²) >= 11 is 9.72. The summed E-state index contributed by atoms with van der Waals surface area (Å²) in [6.07, 6.45) is 0.281. The molecule has 4 rings (SSSR count). The van der Waals surface area contributed by atoms with E-state index < -0.39 is 5.60 Å². The van der Waals surface area contributed by atoms with Gasteiger partial charge in [0.1, 0.15) is 11.7 Å². The largest absolute Gasteiger partial charge is 0.368 e. The summed E-state index contributed by atoms with van der Waals surface area (Å²) in [4.78, 5) is 14.1. The molecule has 1 aliphatic heterocycles. The van der Waals surface area contributed by atoms with E-state index in [1.165, 1.54) is 0 Å². The van der Waals surface area contributed by atoms with E-state index >= 15 is 0 Å². The van der Waals surface area contributed by atoms with E-state index in [4.69, 9.17) is 21.1 Å². The average Bonchev–Trinajstić information content (AvgIpc) is 2.83. The van der Waals surface area contributed by atoms with Crippen LogP contribution in [0.25, 0.3) is 0 Å². The summed E-state index contributed by atoms with van der Waals surface area (Å²) < 4.78 is 14.2. The maximum Gasteiger partial charge on any atom is 0.219 e. The lowest BCUT2D eigenvalue weighted by atomic mass is 9.81. The molecule has 0 radical (unpaired) electrons. The molecule has 0 N–H and O–H groups in total. The minimum absolute atomic E-state index is 0.0406. The second-order valence-electron chi connectivity index (χ2n) is 8.32. The van der Waals surface area contributed by atoms with Gasteiger partial charge in [0.05, 0.1) is 19.8 Å². The van der Waals surface area contributed by atoms with Crippen LogP contribution in [0.3, 0.4) is 0 Å². The number of nitrogens with zero attached hydrogens (tertiary/aromatic N) is 1. The molecule has 1 aliphatic rings. The second kappa shape index (κ2) is 10.8. The molecule has 2 atom stereocenters. The lowest BCUT2D eigenvalue weighted by molar-refractivity contribution is -0.195. The molecule has 1 amide bonds. The fourth-order valence-corrected chi connectivity index (χ4v) is 4.87. The first kappa shape index (κ1) is 24.0. The van der Waals surface area contributed by atoms with E-state index in [-0.39, 0.29) is 12.0 Å². The highest BCUT2D eigenvalue weighted by molar-refractivity contribution is 9.10. The van der Waals surface area contributed by atoms with Gasteiger partial charge < -0.3 is 14.4 Å². The SMILES string of the molecule is CC(=O)N1CC[C@@](OCc2ccccc2)(c2ccc(Cl)cc2)[C@@H](OCc2cccc(Br)c2)C1. The number of halogens is 2. The first-order chi connectivity index (χ1) is 16.0. The Labute approximate surface area is 208 Å². The van der Waals surface area contributed by atoms with Crippen molar-refractivity contribution in [2.24, 2.45) is 0 Å². The van der Waals surface area contributed by atoms with Crippen LogP contribution in [-0.4, -0.2) is 30.0 Å². The highest BCUT2D eigenvalue weighted by Gasteiger charge is 2.47. The minimum atomic E-state index is -0.710. The third-order valence-corrected chi connectivity index (χ3v) is 6.86. The maximum atomic E-state index is 12.2. The summed E-state index contributed by atoms with van der Waals surface area (Å²) in [7, 11) is 0. The van der Waals surface area contributed by atoms with Gasteiger partial charge in [-0.1, -0.05) is 82.1 Å². The quantitative estimate of drug-likeness (QED) is 0.359. The second-order valence-corrected chi connectivity index (χ2v) is 9.67. The molecule has 0 bridgehead atoms.